The van der Waals surface area contributed by atoms with E-state index in [2.05, 4.69) is 0 Å². The predicted octanol–water partition coefficient (Wildman–Crippen LogP) is 1.89. The lowest BCUT2D eigenvalue weighted by molar-refractivity contribution is -0.147. The van der Waals surface area contributed by atoms with Gasteiger partial charge in [-0.1, -0.05) is 12.8 Å². The maximum absolute atomic E-state index is 12.9. The van der Waals surface area contributed by atoms with E-state index in [0.29, 0.717) is 19.4 Å². The van der Waals surface area contributed by atoms with Crippen LogP contribution in [-0.2, 0) is 9.59 Å². The molecule has 1 fully saturated rings. The summed E-state index contributed by atoms with van der Waals surface area (Å²) >= 11 is 0. The molecular formula is C11H17F2NO3. The quantitative estimate of drug-likeness (QED) is 0.701. The van der Waals surface area contributed by atoms with E-state index < -0.39 is 17.8 Å². The average molecular weight is 249 g/mol. The van der Waals surface area contributed by atoms with Crippen LogP contribution in [0.1, 0.15) is 38.5 Å². The molecule has 1 rings (SSSR count). The average Bonchev–Trinajstić information content (AvgIpc) is 2.49. The number of hydrogen-bond donors (Lipinski definition) is 1. The Bertz CT molecular complexity index is 294. The monoisotopic (exact) mass is 249 g/mol. The van der Waals surface area contributed by atoms with Gasteiger partial charge < -0.3 is 10.0 Å². The van der Waals surface area contributed by atoms with E-state index in [1.54, 1.807) is 0 Å². The zero-order valence-corrected chi connectivity index (χ0v) is 9.62. The first kappa shape index (κ1) is 13.9. The fraction of sp³-hybridized carbons (Fsp3) is 0.818. The maximum atomic E-state index is 12.9. The molecule has 1 heterocycles. The molecule has 0 unspecified atom stereocenters. The summed E-state index contributed by atoms with van der Waals surface area (Å²) in [5.41, 5.74) is 0. The van der Waals surface area contributed by atoms with Crippen LogP contribution in [0.3, 0.4) is 0 Å². The van der Waals surface area contributed by atoms with Crippen LogP contribution in [-0.4, -0.2) is 40.9 Å². The van der Waals surface area contributed by atoms with Gasteiger partial charge in [-0.05, 0) is 12.8 Å². The molecule has 1 saturated heterocycles. The molecule has 0 aliphatic carbocycles. The highest BCUT2D eigenvalue weighted by Crippen LogP contribution is 2.28. The van der Waals surface area contributed by atoms with Crippen molar-refractivity contribution in [1.29, 1.82) is 0 Å². The third-order valence-corrected chi connectivity index (χ3v) is 2.86. The summed E-state index contributed by atoms with van der Waals surface area (Å²) in [5, 5.41) is 8.40. The molecule has 98 valence electrons. The summed E-state index contributed by atoms with van der Waals surface area (Å²) in [4.78, 5) is 22.5. The van der Waals surface area contributed by atoms with Gasteiger partial charge in [0, 0.05) is 25.9 Å². The van der Waals surface area contributed by atoms with Gasteiger partial charge >= 0.3 is 11.9 Å². The van der Waals surface area contributed by atoms with Crippen LogP contribution in [0.25, 0.3) is 0 Å². The zero-order chi connectivity index (χ0) is 12.9. The first-order valence-corrected chi connectivity index (χ1v) is 5.82. The second-order valence-corrected chi connectivity index (χ2v) is 4.30. The highest BCUT2D eigenvalue weighted by Gasteiger charge is 2.47. The van der Waals surface area contributed by atoms with E-state index in [4.69, 9.17) is 5.11 Å². The molecule has 1 aliphatic rings. The van der Waals surface area contributed by atoms with Crippen LogP contribution in [0.15, 0.2) is 0 Å². The van der Waals surface area contributed by atoms with Gasteiger partial charge in [0.2, 0.25) is 0 Å². The maximum Gasteiger partial charge on any atom is 0.326 e. The van der Waals surface area contributed by atoms with Crippen LogP contribution >= 0.6 is 0 Å². The third-order valence-electron chi connectivity index (χ3n) is 2.86. The van der Waals surface area contributed by atoms with Crippen LogP contribution in [0.5, 0.6) is 0 Å². The Kier molecular flexibility index (Phi) is 4.84. The fourth-order valence-corrected chi connectivity index (χ4v) is 1.86. The van der Waals surface area contributed by atoms with E-state index in [1.165, 1.54) is 4.90 Å². The van der Waals surface area contributed by atoms with E-state index >= 15 is 0 Å². The number of hydrogen-bond acceptors (Lipinski definition) is 2. The zero-order valence-electron chi connectivity index (χ0n) is 9.62. The van der Waals surface area contributed by atoms with Crippen molar-refractivity contribution in [2.45, 2.75) is 44.4 Å². The first-order valence-electron chi connectivity index (χ1n) is 5.82. The minimum Gasteiger partial charge on any atom is -0.481 e. The molecule has 0 aromatic rings. The van der Waals surface area contributed by atoms with E-state index in [-0.39, 0.29) is 19.4 Å². The van der Waals surface area contributed by atoms with Gasteiger partial charge in [-0.3, -0.25) is 9.59 Å². The molecule has 6 heteroatoms. The van der Waals surface area contributed by atoms with Crippen LogP contribution in [0.2, 0.25) is 0 Å². The van der Waals surface area contributed by atoms with Crippen molar-refractivity contribution in [3.8, 4) is 0 Å². The number of alkyl halides is 2. The largest absolute Gasteiger partial charge is 0.481 e. The van der Waals surface area contributed by atoms with Crippen LogP contribution in [0, 0.1) is 0 Å². The first-order chi connectivity index (χ1) is 7.93. The molecule has 0 saturated carbocycles. The van der Waals surface area contributed by atoms with Crippen molar-refractivity contribution >= 4 is 11.9 Å². The lowest BCUT2D eigenvalue weighted by Crippen LogP contribution is -2.33. The summed E-state index contributed by atoms with van der Waals surface area (Å²) < 4.78 is 25.7. The van der Waals surface area contributed by atoms with Crippen LogP contribution < -0.4 is 0 Å². The smallest absolute Gasteiger partial charge is 0.326 e. The molecule has 0 bridgehead atoms. The van der Waals surface area contributed by atoms with Crippen molar-refractivity contribution in [3.63, 3.8) is 0 Å². The molecule has 17 heavy (non-hydrogen) atoms. The Morgan fingerprint density at radius 1 is 1.29 bits per heavy atom. The van der Waals surface area contributed by atoms with Gasteiger partial charge in [-0.2, -0.15) is 8.78 Å². The number of aliphatic carboxylic acids is 1. The van der Waals surface area contributed by atoms with Crippen molar-refractivity contribution in [2.24, 2.45) is 0 Å². The number of carboxylic acid groups (broad SMARTS) is 1. The highest BCUT2D eigenvalue weighted by atomic mass is 19.3. The van der Waals surface area contributed by atoms with Gasteiger partial charge in [0.05, 0.1) is 0 Å². The van der Waals surface area contributed by atoms with Crippen molar-refractivity contribution in [2.75, 3.05) is 13.1 Å². The molecular weight excluding hydrogens is 232 g/mol. The van der Waals surface area contributed by atoms with Crippen molar-refractivity contribution < 1.29 is 23.5 Å². The number of carbonyl (C=O) groups excluding carboxylic acids is 1. The number of halogens is 2. The number of nitrogens with zero attached hydrogens (tertiary/aromatic N) is 1. The summed E-state index contributed by atoms with van der Waals surface area (Å²) in [6.07, 6.45) is 2.53. The lowest BCUT2D eigenvalue weighted by atomic mass is 10.1. The molecule has 0 aromatic carbocycles. The lowest BCUT2D eigenvalue weighted by Gasteiger charge is -2.15. The Morgan fingerprint density at radius 2 is 1.94 bits per heavy atom. The van der Waals surface area contributed by atoms with Gasteiger partial charge in [0.25, 0.3) is 5.91 Å². The predicted molar refractivity (Wildman–Crippen MR) is 56.9 cm³/mol. The summed E-state index contributed by atoms with van der Waals surface area (Å²) in [7, 11) is 0. The van der Waals surface area contributed by atoms with Gasteiger partial charge in [-0.15, -0.1) is 0 Å². The minimum absolute atomic E-state index is 0.126. The Balaban J connectivity index is 2.08. The second kappa shape index (κ2) is 5.93. The number of likely N-dealkylation sites (tertiary alicyclic amines) is 1. The minimum atomic E-state index is -3.18. The van der Waals surface area contributed by atoms with Gasteiger partial charge in [0.1, 0.15) is 0 Å². The van der Waals surface area contributed by atoms with E-state index in [0.717, 1.165) is 12.8 Å². The Hall–Kier alpha value is -1.20. The van der Waals surface area contributed by atoms with E-state index in [9.17, 15) is 18.4 Å². The summed E-state index contributed by atoms with van der Waals surface area (Å²) in [5.74, 6) is -5.06. The van der Waals surface area contributed by atoms with Gasteiger partial charge in [-0.25, -0.2) is 0 Å². The normalized spacial score (nSPS) is 18.7. The standard InChI is InChI=1S/C11H17F2NO3/c12-11(13)6-8-14(10(11)17)7-4-2-1-3-5-9(15)16/h1-8H2,(H,15,16). The summed E-state index contributed by atoms with van der Waals surface area (Å²) in [6.45, 7) is 0.475. The second-order valence-electron chi connectivity index (χ2n) is 4.30. The van der Waals surface area contributed by atoms with E-state index in [1.807, 2.05) is 0 Å². The van der Waals surface area contributed by atoms with Crippen molar-refractivity contribution in [1.82, 2.24) is 4.90 Å². The van der Waals surface area contributed by atoms with Gasteiger partial charge in [0.15, 0.2) is 0 Å². The SMILES string of the molecule is O=C(O)CCCCCCN1CCC(F)(F)C1=O. The number of rotatable bonds is 7. The molecule has 4 nitrogen and oxygen atoms in total. The molecule has 0 atom stereocenters. The third kappa shape index (κ3) is 4.28. The number of unbranched alkanes of at least 4 members (excludes halogenated alkanes) is 3. The molecule has 1 amide bonds. The number of carbonyl (C=O) groups is 2. The molecule has 0 aromatic heterocycles. The Morgan fingerprint density at radius 3 is 2.47 bits per heavy atom. The summed E-state index contributed by atoms with van der Waals surface area (Å²) in [6, 6.07) is 0. The van der Waals surface area contributed by atoms with Crippen LogP contribution in [0.4, 0.5) is 8.78 Å². The Labute approximate surface area is 98.6 Å². The number of carboxylic acids is 1. The number of amides is 1. The molecule has 1 N–H and O–H groups in total. The topological polar surface area (TPSA) is 57.6 Å². The van der Waals surface area contributed by atoms with Crippen molar-refractivity contribution in [3.05, 3.63) is 0 Å². The fourth-order valence-electron chi connectivity index (χ4n) is 1.86. The molecule has 1 aliphatic heterocycles. The molecule has 0 radical (unpaired) electrons. The highest BCUT2D eigenvalue weighted by molar-refractivity contribution is 5.85. The molecule has 0 spiro atoms.